The Hall–Kier alpha value is -0.650. The molecule has 0 aromatic carbocycles. The molecule has 14 heavy (non-hydrogen) atoms. The molecule has 2 N–H and O–H groups in total. The molecule has 5 heteroatoms. The van der Waals surface area contributed by atoms with Gasteiger partial charge >= 0.3 is 0 Å². The predicted molar refractivity (Wildman–Crippen MR) is 57.6 cm³/mol. The third-order valence-electron chi connectivity index (χ3n) is 2.26. The summed E-state index contributed by atoms with van der Waals surface area (Å²) in [5.41, 5.74) is 6.50. The standard InChI is InChI=1S/C9H15N3OS/c1-7-5-12(2-3-13-7)9-11-8(4-10)6-14-9/h6-7H,2-5,10H2,1H3. The van der Waals surface area contributed by atoms with Crippen molar-refractivity contribution >= 4 is 16.5 Å². The molecule has 0 amide bonds. The summed E-state index contributed by atoms with van der Waals surface area (Å²) in [6.45, 7) is 5.26. The highest BCUT2D eigenvalue weighted by Gasteiger charge is 2.18. The van der Waals surface area contributed by atoms with Gasteiger partial charge in [0.25, 0.3) is 0 Å². The summed E-state index contributed by atoms with van der Waals surface area (Å²) in [6.07, 6.45) is 0.300. The second kappa shape index (κ2) is 4.25. The molecule has 0 radical (unpaired) electrons. The number of anilines is 1. The molecule has 1 aromatic heterocycles. The van der Waals surface area contributed by atoms with Gasteiger partial charge in [0.15, 0.2) is 5.13 Å². The van der Waals surface area contributed by atoms with Crippen molar-refractivity contribution in [3.05, 3.63) is 11.1 Å². The van der Waals surface area contributed by atoms with Crippen molar-refractivity contribution in [3.8, 4) is 0 Å². The summed E-state index contributed by atoms with van der Waals surface area (Å²) in [5, 5.41) is 3.09. The fourth-order valence-corrected chi connectivity index (χ4v) is 2.40. The van der Waals surface area contributed by atoms with E-state index >= 15 is 0 Å². The quantitative estimate of drug-likeness (QED) is 0.790. The minimum absolute atomic E-state index is 0.300. The maximum Gasteiger partial charge on any atom is 0.185 e. The van der Waals surface area contributed by atoms with Crippen LogP contribution in [0.1, 0.15) is 12.6 Å². The minimum Gasteiger partial charge on any atom is -0.375 e. The number of hydrogen-bond donors (Lipinski definition) is 1. The Morgan fingerprint density at radius 2 is 2.64 bits per heavy atom. The third-order valence-corrected chi connectivity index (χ3v) is 3.21. The molecule has 1 unspecified atom stereocenters. The molecule has 0 spiro atoms. The fourth-order valence-electron chi connectivity index (χ4n) is 1.53. The molecule has 78 valence electrons. The van der Waals surface area contributed by atoms with E-state index in [0.29, 0.717) is 12.6 Å². The van der Waals surface area contributed by atoms with Crippen LogP contribution >= 0.6 is 11.3 Å². The fraction of sp³-hybridized carbons (Fsp3) is 0.667. The van der Waals surface area contributed by atoms with Crippen molar-refractivity contribution in [3.63, 3.8) is 0 Å². The Morgan fingerprint density at radius 1 is 1.79 bits per heavy atom. The molecule has 1 aliphatic heterocycles. The highest BCUT2D eigenvalue weighted by Crippen LogP contribution is 2.22. The zero-order valence-electron chi connectivity index (χ0n) is 8.27. The average Bonchev–Trinajstić information content (AvgIpc) is 2.66. The number of aromatic nitrogens is 1. The topological polar surface area (TPSA) is 51.4 Å². The summed E-state index contributed by atoms with van der Waals surface area (Å²) in [7, 11) is 0. The molecule has 1 fully saturated rings. The van der Waals surface area contributed by atoms with E-state index in [1.807, 2.05) is 5.38 Å². The highest BCUT2D eigenvalue weighted by atomic mass is 32.1. The smallest absolute Gasteiger partial charge is 0.185 e. The van der Waals surface area contributed by atoms with Gasteiger partial charge in [0.05, 0.1) is 18.4 Å². The van der Waals surface area contributed by atoms with Crippen LogP contribution in [-0.2, 0) is 11.3 Å². The number of nitrogens with two attached hydrogens (primary N) is 1. The SMILES string of the molecule is CC1CN(c2nc(CN)cs2)CCO1. The lowest BCUT2D eigenvalue weighted by atomic mass is 10.3. The van der Waals surface area contributed by atoms with Gasteiger partial charge in [-0.05, 0) is 6.92 Å². The van der Waals surface area contributed by atoms with Crippen LogP contribution in [0.3, 0.4) is 0 Å². The zero-order chi connectivity index (χ0) is 9.97. The average molecular weight is 213 g/mol. The summed E-state index contributed by atoms with van der Waals surface area (Å²) < 4.78 is 5.47. The number of thiazole rings is 1. The minimum atomic E-state index is 0.300. The molecular weight excluding hydrogens is 198 g/mol. The first-order valence-electron chi connectivity index (χ1n) is 4.80. The highest BCUT2D eigenvalue weighted by molar-refractivity contribution is 7.13. The Balaban J connectivity index is 2.06. The molecular formula is C9H15N3OS. The molecule has 1 aliphatic rings. The van der Waals surface area contributed by atoms with E-state index < -0.39 is 0 Å². The second-order valence-electron chi connectivity index (χ2n) is 3.45. The lowest BCUT2D eigenvalue weighted by Crippen LogP contribution is -2.41. The van der Waals surface area contributed by atoms with Crippen molar-refractivity contribution in [2.45, 2.75) is 19.6 Å². The monoisotopic (exact) mass is 213 g/mol. The number of hydrogen-bond acceptors (Lipinski definition) is 5. The summed E-state index contributed by atoms with van der Waals surface area (Å²) >= 11 is 1.66. The van der Waals surface area contributed by atoms with Crippen molar-refractivity contribution in [2.24, 2.45) is 5.73 Å². The summed E-state index contributed by atoms with van der Waals surface area (Å²) in [6, 6.07) is 0. The Labute approximate surface area is 87.7 Å². The number of nitrogens with zero attached hydrogens (tertiary/aromatic N) is 2. The lowest BCUT2D eigenvalue weighted by Gasteiger charge is -2.30. The summed E-state index contributed by atoms with van der Waals surface area (Å²) in [5.74, 6) is 0. The Bertz CT molecular complexity index is 302. The van der Waals surface area contributed by atoms with Gasteiger partial charge in [-0.2, -0.15) is 0 Å². The van der Waals surface area contributed by atoms with Crippen LogP contribution < -0.4 is 10.6 Å². The Kier molecular flexibility index (Phi) is 3.00. The zero-order valence-corrected chi connectivity index (χ0v) is 9.09. The first-order valence-corrected chi connectivity index (χ1v) is 5.68. The first-order chi connectivity index (χ1) is 6.79. The van der Waals surface area contributed by atoms with Crippen LogP contribution in [0, 0.1) is 0 Å². The molecule has 0 saturated carbocycles. The molecule has 2 rings (SSSR count). The normalized spacial score (nSPS) is 22.7. The largest absolute Gasteiger partial charge is 0.375 e. The van der Waals surface area contributed by atoms with Gasteiger partial charge in [0.2, 0.25) is 0 Å². The van der Waals surface area contributed by atoms with Crippen molar-refractivity contribution in [1.29, 1.82) is 0 Å². The van der Waals surface area contributed by atoms with Crippen LogP contribution in [0.15, 0.2) is 5.38 Å². The van der Waals surface area contributed by atoms with Gasteiger partial charge in [-0.25, -0.2) is 4.98 Å². The summed E-state index contributed by atoms with van der Waals surface area (Å²) in [4.78, 5) is 6.71. The first kappa shape index (κ1) is 9.89. The van der Waals surface area contributed by atoms with E-state index in [0.717, 1.165) is 30.5 Å². The maximum atomic E-state index is 5.52. The van der Waals surface area contributed by atoms with E-state index in [4.69, 9.17) is 10.5 Å². The molecule has 0 bridgehead atoms. The molecule has 0 aliphatic carbocycles. The Morgan fingerprint density at radius 3 is 3.29 bits per heavy atom. The molecule has 4 nitrogen and oxygen atoms in total. The van der Waals surface area contributed by atoms with E-state index in [9.17, 15) is 0 Å². The number of morpholine rings is 1. The van der Waals surface area contributed by atoms with Crippen LogP contribution in [0.4, 0.5) is 5.13 Å². The van der Waals surface area contributed by atoms with E-state index in [2.05, 4.69) is 16.8 Å². The van der Waals surface area contributed by atoms with E-state index in [1.165, 1.54) is 0 Å². The van der Waals surface area contributed by atoms with Gasteiger partial charge in [-0.15, -0.1) is 11.3 Å². The third kappa shape index (κ3) is 2.05. The van der Waals surface area contributed by atoms with Gasteiger partial charge in [-0.1, -0.05) is 0 Å². The molecule has 1 atom stereocenters. The second-order valence-corrected chi connectivity index (χ2v) is 4.29. The molecule has 2 heterocycles. The van der Waals surface area contributed by atoms with Gasteiger partial charge in [-0.3, -0.25) is 0 Å². The van der Waals surface area contributed by atoms with Crippen LogP contribution in [-0.4, -0.2) is 30.8 Å². The van der Waals surface area contributed by atoms with Crippen molar-refractivity contribution < 1.29 is 4.74 Å². The van der Waals surface area contributed by atoms with E-state index in [-0.39, 0.29) is 0 Å². The van der Waals surface area contributed by atoms with Crippen molar-refractivity contribution in [1.82, 2.24) is 4.98 Å². The van der Waals surface area contributed by atoms with Crippen LogP contribution in [0.5, 0.6) is 0 Å². The van der Waals surface area contributed by atoms with Gasteiger partial charge in [0, 0.05) is 25.0 Å². The molecule has 1 aromatic rings. The van der Waals surface area contributed by atoms with Gasteiger partial charge < -0.3 is 15.4 Å². The van der Waals surface area contributed by atoms with E-state index in [1.54, 1.807) is 11.3 Å². The van der Waals surface area contributed by atoms with Crippen LogP contribution in [0.2, 0.25) is 0 Å². The van der Waals surface area contributed by atoms with Crippen molar-refractivity contribution in [2.75, 3.05) is 24.6 Å². The predicted octanol–water partition coefficient (Wildman–Crippen LogP) is 0.827. The maximum absolute atomic E-state index is 5.52. The number of rotatable bonds is 2. The van der Waals surface area contributed by atoms with Crippen LogP contribution in [0.25, 0.3) is 0 Å². The van der Waals surface area contributed by atoms with Gasteiger partial charge in [0.1, 0.15) is 0 Å². The lowest BCUT2D eigenvalue weighted by molar-refractivity contribution is 0.0532. The molecule has 1 saturated heterocycles. The number of ether oxygens (including phenoxy) is 1.